The summed E-state index contributed by atoms with van der Waals surface area (Å²) in [6.45, 7) is 4.78. The van der Waals surface area contributed by atoms with Crippen LogP contribution in [0.15, 0.2) is 35.9 Å². The van der Waals surface area contributed by atoms with E-state index in [-0.39, 0.29) is 11.5 Å². The number of ketones is 1. The number of carbonyl (C=O) groups excluding carboxylic acids is 1. The smallest absolute Gasteiger partial charge is 0.165 e. The van der Waals surface area contributed by atoms with Crippen LogP contribution in [0.25, 0.3) is 6.08 Å². The number of allylic oxidation sites excluding steroid dienone is 1. The molecule has 4 aliphatic rings. The SMILES string of the molecule is C[C@]12CC[C@@H](O)C[C@@H]1CC[C@@H]1[C@@H]2CC[C@]2(C)C(=O)/C(=C\c3ccccc3)C[C@@H]12. The van der Waals surface area contributed by atoms with Crippen molar-refractivity contribution in [1.82, 2.24) is 0 Å². The predicted molar refractivity (Wildman–Crippen MR) is 113 cm³/mol. The van der Waals surface area contributed by atoms with Gasteiger partial charge in [-0.1, -0.05) is 44.2 Å². The summed E-state index contributed by atoms with van der Waals surface area (Å²) in [4.78, 5) is 13.4. The third-order valence-corrected chi connectivity index (χ3v) is 9.42. The minimum absolute atomic E-state index is 0.0862. The fraction of sp³-hybridized carbons (Fsp3) is 0.654. The monoisotopic (exact) mass is 378 g/mol. The van der Waals surface area contributed by atoms with E-state index in [4.69, 9.17) is 0 Å². The summed E-state index contributed by atoms with van der Waals surface area (Å²) < 4.78 is 0. The van der Waals surface area contributed by atoms with E-state index in [0.29, 0.717) is 29.0 Å². The summed E-state index contributed by atoms with van der Waals surface area (Å²) in [7, 11) is 0. The van der Waals surface area contributed by atoms with E-state index < -0.39 is 0 Å². The maximum Gasteiger partial charge on any atom is 0.165 e. The van der Waals surface area contributed by atoms with Gasteiger partial charge in [0.05, 0.1) is 6.10 Å². The van der Waals surface area contributed by atoms with Gasteiger partial charge in [0.15, 0.2) is 5.78 Å². The summed E-state index contributed by atoms with van der Waals surface area (Å²) in [6, 6.07) is 10.3. The predicted octanol–water partition coefficient (Wildman–Crippen LogP) is 5.65. The zero-order valence-corrected chi connectivity index (χ0v) is 17.4. The van der Waals surface area contributed by atoms with Crippen molar-refractivity contribution in [2.75, 3.05) is 0 Å². The van der Waals surface area contributed by atoms with Gasteiger partial charge < -0.3 is 5.11 Å². The third kappa shape index (κ3) is 2.67. The fourth-order valence-corrected chi connectivity index (χ4v) is 7.79. The third-order valence-electron chi connectivity index (χ3n) is 9.42. The highest BCUT2D eigenvalue weighted by Gasteiger charge is 2.61. The first-order valence-electron chi connectivity index (χ1n) is 11.4. The van der Waals surface area contributed by atoms with Gasteiger partial charge in [0.25, 0.3) is 0 Å². The molecule has 1 aromatic carbocycles. The van der Waals surface area contributed by atoms with Crippen molar-refractivity contribution in [3.8, 4) is 0 Å². The first-order valence-corrected chi connectivity index (χ1v) is 11.4. The van der Waals surface area contributed by atoms with Crippen LogP contribution < -0.4 is 0 Å². The van der Waals surface area contributed by atoms with Gasteiger partial charge in [-0.15, -0.1) is 0 Å². The van der Waals surface area contributed by atoms with Crippen LogP contribution in [-0.2, 0) is 4.79 Å². The molecule has 0 radical (unpaired) electrons. The molecule has 0 heterocycles. The highest BCUT2D eigenvalue weighted by molar-refractivity contribution is 6.05. The number of aliphatic hydroxyl groups excluding tert-OH is 1. The average Bonchev–Trinajstić information content (AvgIpc) is 2.94. The quantitative estimate of drug-likeness (QED) is 0.641. The zero-order valence-electron chi connectivity index (χ0n) is 17.4. The van der Waals surface area contributed by atoms with E-state index in [9.17, 15) is 9.90 Å². The van der Waals surface area contributed by atoms with Crippen LogP contribution in [0.3, 0.4) is 0 Å². The molecule has 28 heavy (non-hydrogen) atoms. The first kappa shape index (κ1) is 18.6. The van der Waals surface area contributed by atoms with Crippen LogP contribution in [0, 0.1) is 34.5 Å². The zero-order chi connectivity index (χ0) is 19.5. The molecule has 5 rings (SSSR count). The largest absolute Gasteiger partial charge is 0.393 e. The number of hydrogen-bond donors (Lipinski definition) is 1. The van der Waals surface area contributed by atoms with Crippen LogP contribution >= 0.6 is 0 Å². The van der Waals surface area contributed by atoms with Crippen LogP contribution in [0.5, 0.6) is 0 Å². The second kappa shape index (κ2) is 6.55. The van der Waals surface area contributed by atoms with Crippen LogP contribution in [0.2, 0.25) is 0 Å². The lowest BCUT2D eigenvalue weighted by atomic mass is 9.45. The maximum atomic E-state index is 13.4. The lowest BCUT2D eigenvalue weighted by Gasteiger charge is -2.59. The molecule has 2 nitrogen and oxygen atoms in total. The number of hydrogen-bond acceptors (Lipinski definition) is 2. The van der Waals surface area contributed by atoms with Crippen molar-refractivity contribution in [3.63, 3.8) is 0 Å². The van der Waals surface area contributed by atoms with Gasteiger partial charge in [0.2, 0.25) is 0 Å². The van der Waals surface area contributed by atoms with Crippen molar-refractivity contribution in [3.05, 3.63) is 41.5 Å². The molecule has 1 N–H and O–H groups in total. The van der Waals surface area contributed by atoms with Crippen molar-refractivity contribution in [2.45, 2.75) is 71.3 Å². The number of benzene rings is 1. The first-order chi connectivity index (χ1) is 13.4. The van der Waals surface area contributed by atoms with Gasteiger partial charge in [0, 0.05) is 5.41 Å². The molecule has 4 saturated carbocycles. The van der Waals surface area contributed by atoms with E-state index in [2.05, 4.69) is 44.2 Å². The normalized spacial score (nSPS) is 46.8. The van der Waals surface area contributed by atoms with Gasteiger partial charge in [-0.3, -0.25) is 4.79 Å². The topological polar surface area (TPSA) is 37.3 Å². The highest BCUT2D eigenvalue weighted by atomic mass is 16.3. The Morgan fingerprint density at radius 1 is 1.00 bits per heavy atom. The summed E-state index contributed by atoms with van der Waals surface area (Å²) in [5.74, 6) is 3.03. The molecule has 0 unspecified atom stereocenters. The number of aliphatic hydroxyl groups is 1. The van der Waals surface area contributed by atoms with E-state index in [1.54, 1.807) is 0 Å². The minimum atomic E-state index is -0.154. The Balaban J connectivity index is 1.45. The molecule has 4 fully saturated rings. The van der Waals surface area contributed by atoms with Gasteiger partial charge in [-0.05, 0) is 97.7 Å². The van der Waals surface area contributed by atoms with Crippen molar-refractivity contribution >= 4 is 11.9 Å². The molecule has 150 valence electrons. The van der Waals surface area contributed by atoms with E-state index >= 15 is 0 Å². The summed E-state index contributed by atoms with van der Waals surface area (Å²) in [5.41, 5.74) is 2.43. The van der Waals surface area contributed by atoms with Crippen LogP contribution in [-0.4, -0.2) is 17.0 Å². The Labute approximate surface area is 169 Å². The number of fused-ring (bicyclic) bond motifs is 5. The summed E-state index contributed by atoms with van der Waals surface area (Å²) in [5, 5.41) is 10.2. The maximum absolute atomic E-state index is 13.4. The van der Waals surface area contributed by atoms with E-state index in [0.717, 1.165) is 42.7 Å². The average molecular weight is 379 g/mol. The van der Waals surface area contributed by atoms with E-state index in [1.165, 1.54) is 25.7 Å². The standard InChI is InChI=1S/C26H34O2/c1-25-12-10-20(27)16-19(25)8-9-21-22(25)11-13-26(2)23(21)15-18(24(26)28)14-17-6-4-3-5-7-17/h3-7,14,19-23,27H,8-13,15-16H2,1-2H3/b18-14-/t19-,20+,21+,22-,23-,25-,26-/m0/s1. The molecule has 7 atom stereocenters. The van der Waals surface area contributed by atoms with Gasteiger partial charge >= 0.3 is 0 Å². The molecule has 0 aromatic heterocycles. The van der Waals surface area contributed by atoms with Crippen molar-refractivity contribution < 1.29 is 9.90 Å². The highest BCUT2D eigenvalue weighted by Crippen LogP contribution is 2.66. The number of rotatable bonds is 1. The molecular formula is C26H34O2. The molecule has 0 amide bonds. The van der Waals surface area contributed by atoms with Crippen molar-refractivity contribution in [1.29, 1.82) is 0 Å². The van der Waals surface area contributed by atoms with Gasteiger partial charge in [-0.2, -0.15) is 0 Å². The Kier molecular flexibility index (Phi) is 4.36. The van der Waals surface area contributed by atoms with Gasteiger partial charge in [0.1, 0.15) is 0 Å². The van der Waals surface area contributed by atoms with Crippen LogP contribution in [0.1, 0.15) is 70.8 Å². The van der Waals surface area contributed by atoms with E-state index in [1.807, 2.05) is 6.07 Å². The second-order valence-corrected chi connectivity index (χ2v) is 10.7. The second-order valence-electron chi connectivity index (χ2n) is 10.7. The molecule has 1 aromatic rings. The summed E-state index contributed by atoms with van der Waals surface area (Å²) >= 11 is 0. The van der Waals surface area contributed by atoms with Crippen LogP contribution in [0.4, 0.5) is 0 Å². The number of carbonyl (C=O) groups is 1. The number of Topliss-reactive ketones (excluding diaryl/α,β-unsaturated/α-hetero) is 1. The Hall–Kier alpha value is -1.41. The van der Waals surface area contributed by atoms with Gasteiger partial charge in [-0.25, -0.2) is 0 Å². The molecule has 0 aliphatic heterocycles. The Morgan fingerprint density at radius 3 is 2.57 bits per heavy atom. The molecule has 0 spiro atoms. The van der Waals surface area contributed by atoms with Crippen molar-refractivity contribution in [2.24, 2.45) is 34.5 Å². The lowest BCUT2D eigenvalue weighted by Crippen LogP contribution is -2.54. The fourth-order valence-electron chi connectivity index (χ4n) is 7.79. The molecule has 0 bridgehead atoms. The molecule has 2 heteroatoms. The molecule has 0 saturated heterocycles. The Bertz CT molecular complexity index is 796. The molecular weight excluding hydrogens is 344 g/mol. The minimum Gasteiger partial charge on any atom is -0.393 e. The summed E-state index contributed by atoms with van der Waals surface area (Å²) in [6.07, 6.45) is 10.9. The lowest BCUT2D eigenvalue weighted by molar-refractivity contribution is -0.141. The molecule has 4 aliphatic carbocycles. The Morgan fingerprint density at radius 2 is 1.79 bits per heavy atom.